The van der Waals surface area contributed by atoms with Crippen LogP contribution in [-0.4, -0.2) is 28.6 Å². The fourth-order valence-corrected chi connectivity index (χ4v) is 2.80. The van der Waals surface area contributed by atoms with Crippen LogP contribution in [0, 0.1) is 10.1 Å². The summed E-state index contributed by atoms with van der Waals surface area (Å²) in [5, 5.41) is 11.2. The molecule has 0 bridgehead atoms. The lowest BCUT2D eigenvalue weighted by Crippen LogP contribution is -1.99. The highest BCUT2D eigenvalue weighted by atomic mass is 16.6. The Kier molecular flexibility index (Phi) is 5.61. The third-order valence-electron chi connectivity index (χ3n) is 4.01. The number of ether oxygens (including phenoxy) is 2. The maximum Gasteiger partial charge on any atom is 0.311 e. The van der Waals surface area contributed by atoms with Crippen molar-refractivity contribution < 1.29 is 14.4 Å². The van der Waals surface area contributed by atoms with Crippen LogP contribution in [-0.2, 0) is 6.42 Å². The number of nitro groups is 1. The van der Waals surface area contributed by atoms with E-state index in [-0.39, 0.29) is 11.4 Å². The summed E-state index contributed by atoms with van der Waals surface area (Å²) in [5.41, 5.74) is 3.08. The van der Waals surface area contributed by atoms with Gasteiger partial charge in [-0.15, -0.1) is 0 Å². The van der Waals surface area contributed by atoms with Crippen LogP contribution in [0.1, 0.15) is 18.2 Å². The van der Waals surface area contributed by atoms with Crippen LogP contribution in [0.2, 0.25) is 0 Å². The molecule has 0 amide bonds. The molecule has 0 saturated heterocycles. The molecule has 0 fully saturated rings. The summed E-state index contributed by atoms with van der Waals surface area (Å²) in [5.74, 6) is 0.988. The molecule has 0 aliphatic rings. The molecule has 138 valence electrons. The molecule has 0 unspecified atom stereocenters. The van der Waals surface area contributed by atoms with Crippen molar-refractivity contribution in [3.63, 3.8) is 0 Å². The molecule has 0 saturated carbocycles. The van der Waals surface area contributed by atoms with Gasteiger partial charge in [0.1, 0.15) is 12.1 Å². The fraction of sp³-hybridized carbons (Fsp3) is 0.200. The molecule has 3 aromatic rings. The van der Waals surface area contributed by atoms with Crippen LogP contribution in [0.4, 0.5) is 5.69 Å². The smallest absolute Gasteiger partial charge is 0.311 e. The van der Waals surface area contributed by atoms with Gasteiger partial charge in [0, 0.05) is 23.7 Å². The maximum absolute atomic E-state index is 11.2. The van der Waals surface area contributed by atoms with E-state index in [0.29, 0.717) is 13.0 Å². The Hall–Kier alpha value is -3.48. The third kappa shape index (κ3) is 4.20. The predicted molar refractivity (Wildman–Crippen MR) is 101 cm³/mol. The first-order chi connectivity index (χ1) is 13.1. The van der Waals surface area contributed by atoms with E-state index in [0.717, 1.165) is 28.3 Å². The van der Waals surface area contributed by atoms with Crippen LogP contribution in [0.15, 0.2) is 54.9 Å². The molecule has 2 aromatic carbocycles. The minimum Gasteiger partial charge on any atom is -0.493 e. The first-order valence-corrected chi connectivity index (χ1v) is 8.46. The third-order valence-corrected chi connectivity index (χ3v) is 4.01. The van der Waals surface area contributed by atoms with E-state index in [1.807, 2.05) is 37.3 Å². The zero-order valence-electron chi connectivity index (χ0n) is 15.1. The molecule has 0 spiro atoms. The van der Waals surface area contributed by atoms with E-state index in [1.165, 1.54) is 19.5 Å². The minimum atomic E-state index is -0.452. The van der Waals surface area contributed by atoms with Gasteiger partial charge >= 0.3 is 5.69 Å². The van der Waals surface area contributed by atoms with Gasteiger partial charge in [0.25, 0.3) is 0 Å². The summed E-state index contributed by atoms with van der Waals surface area (Å²) in [6, 6.07) is 14.4. The van der Waals surface area contributed by atoms with E-state index in [9.17, 15) is 10.1 Å². The molecule has 7 nitrogen and oxygen atoms in total. The van der Waals surface area contributed by atoms with Gasteiger partial charge in [-0.05, 0) is 36.8 Å². The lowest BCUT2D eigenvalue weighted by molar-refractivity contribution is -0.385. The minimum absolute atomic E-state index is 0.0639. The Morgan fingerprint density at radius 3 is 2.63 bits per heavy atom. The Balaban J connectivity index is 1.91. The number of nitrogens with zero attached hydrogens (tertiary/aromatic N) is 3. The lowest BCUT2D eigenvalue weighted by atomic mass is 10.1. The second-order valence-corrected chi connectivity index (χ2v) is 5.76. The molecule has 1 aromatic heterocycles. The Labute approximate surface area is 156 Å². The van der Waals surface area contributed by atoms with Crippen LogP contribution >= 0.6 is 0 Å². The number of hydrogen-bond acceptors (Lipinski definition) is 6. The first-order valence-electron chi connectivity index (χ1n) is 8.46. The van der Waals surface area contributed by atoms with Crippen molar-refractivity contribution in [2.45, 2.75) is 13.3 Å². The van der Waals surface area contributed by atoms with Gasteiger partial charge in [0.2, 0.25) is 0 Å². The summed E-state index contributed by atoms with van der Waals surface area (Å²) < 4.78 is 10.7. The highest BCUT2D eigenvalue weighted by molar-refractivity contribution is 5.67. The van der Waals surface area contributed by atoms with Gasteiger partial charge in [-0.3, -0.25) is 10.1 Å². The average molecular weight is 365 g/mol. The van der Waals surface area contributed by atoms with Gasteiger partial charge < -0.3 is 9.47 Å². The van der Waals surface area contributed by atoms with Gasteiger partial charge in [0.05, 0.1) is 24.3 Å². The summed E-state index contributed by atoms with van der Waals surface area (Å²) in [6.07, 6.45) is 1.93. The standard InChI is InChI=1S/C20H19N3O4/c1-3-27-19-7-5-4-6-16(19)17-12-15(21-13-22-17)10-14-8-9-20(26-2)18(11-14)23(24)25/h4-9,11-13H,3,10H2,1-2H3. The van der Waals surface area contributed by atoms with Crippen LogP contribution in [0.3, 0.4) is 0 Å². The van der Waals surface area contributed by atoms with Gasteiger partial charge in [-0.25, -0.2) is 9.97 Å². The number of benzene rings is 2. The number of rotatable bonds is 7. The van der Waals surface area contributed by atoms with Crippen molar-refractivity contribution in [3.8, 4) is 22.8 Å². The van der Waals surface area contributed by atoms with E-state index in [4.69, 9.17) is 9.47 Å². The molecule has 0 aliphatic carbocycles. The second-order valence-electron chi connectivity index (χ2n) is 5.76. The average Bonchev–Trinajstić information content (AvgIpc) is 2.69. The number of aromatic nitrogens is 2. The predicted octanol–water partition coefficient (Wildman–Crippen LogP) is 4.05. The fourth-order valence-electron chi connectivity index (χ4n) is 2.80. The van der Waals surface area contributed by atoms with Gasteiger partial charge in [0.15, 0.2) is 5.75 Å². The summed E-state index contributed by atoms with van der Waals surface area (Å²) in [6.45, 7) is 2.49. The number of nitro benzene ring substituents is 1. The molecule has 0 atom stereocenters. The molecular formula is C20H19N3O4. The van der Waals surface area contributed by atoms with E-state index in [1.54, 1.807) is 12.1 Å². The van der Waals surface area contributed by atoms with E-state index < -0.39 is 4.92 Å². The number of methoxy groups -OCH3 is 1. The second kappa shape index (κ2) is 8.27. The molecule has 0 aliphatic heterocycles. The zero-order valence-corrected chi connectivity index (χ0v) is 15.1. The van der Waals surface area contributed by atoms with Crippen molar-refractivity contribution in [2.24, 2.45) is 0 Å². The highest BCUT2D eigenvalue weighted by Crippen LogP contribution is 2.30. The number of para-hydroxylation sites is 1. The molecule has 27 heavy (non-hydrogen) atoms. The van der Waals surface area contributed by atoms with Gasteiger partial charge in [-0.2, -0.15) is 0 Å². The first kappa shape index (κ1) is 18.3. The molecular weight excluding hydrogens is 346 g/mol. The SMILES string of the molecule is CCOc1ccccc1-c1cc(Cc2ccc(OC)c([N+](=O)[O-])c2)ncn1. The maximum atomic E-state index is 11.2. The molecule has 7 heteroatoms. The summed E-state index contributed by atoms with van der Waals surface area (Å²) in [7, 11) is 1.41. The zero-order chi connectivity index (χ0) is 19.2. The summed E-state index contributed by atoms with van der Waals surface area (Å²) in [4.78, 5) is 19.4. The van der Waals surface area contributed by atoms with Crippen LogP contribution in [0.5, 0.6) is 11.5 Å². The Morgan fingerprint density at radius 2 is 1.89 bits per heavy atom. The topological polar surface area (TPSA) is 87.4 Å². The van der Waals surface area contributed by atoms with E-state index >= 15 is 0 Å². The largest absolute Gasteiger partial charge is 0.493 e. The number of hydrogen-bond donors (Lipinski definition) is 0. The molecule has 3 rings (SSSR count). The van der Waals surface area contributed by atoms with Crippen molar-refractivity contribution >= 4 is 5.69 Å². The lowest BCUT2D eigenvalue weighted by Gasteiger charge is -2.10. The van der Waals surface area contributed by atoms with E-state index in [2.05, 4.69) is 9.97 Å². The highest BCUT2D eigenvalue weighted by Gasteiger charge is 2.16. The van der Waals surface area contributed by atoms with Crippen molar-refractivity contribution in [2.75, 3.05) is 13.7 Å². The summed E-state index contributed by atoms with van der Waals surface area (Å²) >= 11 is 0. The van der Waals surface area contributed by atoms with Crippen molar-refractivity contribution in [1.82, 2.24) is 9.97 Å². The normalized spacial score (nSPS) is 10.4. The Bertz CT molecular complexity index is 959. The van der Waals surface area contributed by atoms with Crippen molar-refractivity contribution in [1.29, 1.82) is 0 Å². The molecule has 1 heterocycles. The van der Waals surface area contributed by atoms with Gasteiger partial charge in [-0.1, -0.05) is 18.2 Å². The van der Waals surface area contributed by atoms with Crippen LogP contribution in [0.25, 0.3) is 11.3 Å². The van der Waals surface area contributed by atoms with Crippen LogP contribution < -0.4 is 9.47 Å². The van der Waals surface area contributed by atoms with Crippen molar-refractivity contribution in [3.05, 3.63) is 76.2 Å². The monoisotopic (exact) mass is 365 g/mol. The molecule has 0 radical (unpaired) electrons. The molecule has 0 N–H and O–H groups in total. The quantitative estimate of drug-likeness (QED) is 0.464. The Morgan fingerprint density at radius 1 is 1.07 bits per heavy atom.